The first kappa shape index (κ1) is 28.0. The summed E-state index contributed by atoms with van der Waals surface area (Å²) in [6.45, 7) is 20.2. The van der Waals surface area contributed by atoms with Gasteiger partial charge in [-0.25, -0.2) is 0 Å². The third-order valence-electron chi connectivity index (χ3n) is 6.79. The van der Waals surface area contributed by atoms with Gasteiger partial charge in [-0.15, -0.1) is 0 Å². The molecule has 180 valence electrons. The van der Waals surface area contributed by atoms with Crippen molar-refractivity contribution < 1.29 is 9.47 Å². The van der Waals surface area contributed by atoms with Crippen molar-refractivity contribution in [1.82, 2.24) is 0 Å². The van der Waals surface area contributed by atoms with E-state index in [1.54, 1.807) is 0 Å². The van der Waals surface area contributed by atoms with Crippen molar-refractivity contribution in [2.24, 2.45) is 35.5 Å². The van der Waals surface area contributed by atoms with Crippen LogP contribution in [0.25, 0.3) is 0 Å². The Morgan fingerprint density at radius 1 is 0.500 bits per heavy atom. The van der Waals surface area contributed by atoms with E-state index < -0.39 is 0 Å². The van der Waals surface area contributed by atoms with Crippen LogP contribution in [0.5, 0.6) is 0 Å². The largest absolute Gasteiger partial charge is 0.378 e. The summed E-state index contributed by atoms with van der Waals surface area (Å²) in [7, 11) is 0. The lowest BCUT2D eigenvalue weighted by Gasteiger charge is -2.35. The molecule has 2 aliphatic carbocycles. The van der Waals surface area contributed by atoms with E-state index in [0.717, 1.165) is 48.7 Å². The molecule has 0 aromatic rings. The summed E-state index contributed by atoms with van der Waals surface area (Å²) in [6, 6.07) is 0. The van der Waals surface area contributed by atoms with Crippen molar-refractivity contribution in [3.63, 3.8) is 0 Å². The van der Waals surface area contributed by atoms with Crippen molar-refractivity contribution in [3.8, 4) is 0 Å². The Bertz CT molecular complexity index is 351. The van der Waals surface area contributed by atoms with Crippen molar-refractivity contribution in [2.45, 2.75) is 132 Å². The second-order valence-corrected chi connectivity index (χ2v) is 12.0. The smallest absolute Gasteiger partial charge is 0.0580 e. The van der Waals surface area contributed by atoms with Gasteiger partial charge in [0.2, 0.25) is 0 Å². The molecular weight excluding hydrogens is 368 g/mol. The predicted octanol–water partition coefficient (Wildman–Crippen LogP) is 8.53. The molecule has 30 heavy (non-hydrogen) atoms. The lowest BCUT2D eigenvalue weighted by atomic mass is 9.78. The molecule has 2 saturated carbocycles. The number of hydrogen-bond acceptors (Lipinski definition) is 2. The van der Waals surface area contributed by atoms with Crippen LogP contribution in [0.2, 0.25) is 0 Å². The summed E-state index contributed by atoms with van der Waals surface area (Å²) >= 11 is 0. The van der Waals surface area contributed by atoms with Gasteiger partial charge in [0.05, 0.1) is 12.2 Å². The molecule has 2 heteroatoms. The van der Waals surface area contributed by atoms with Gasteiger partial charge in [-0.1, -0.05) is 81.1 Å². The highest BCUT2D eigenvalue weighted by Crippen LogP contribution is 2.35. The molecule has 0 aromatic heterocycles. The Labute approximate surface area is 190 Å². The second-order valence-electron chi connectivity index (χ2n) is 12.0. The van der Waals surface area contributed by atoms with Gasteiger partial charge in [0.15, 0.2) is 0 Å². The summed E-state index contributed by atoms with van der Waals surface area (Å²) in [4.78, 5) is 0. The van der Waals surface area contributed by atoms with Crippen LogP contribution in [0.15, 0.2) is 0 Å². The average molecular weight is 425 g/mol. The molecule has 2 aliphatic rings. The van der Waals surface area contributed by atoms with Crippen LogP contribution in [0, 0.1) is 35.5 Å². The maximum absolute atomic E-state index is 5.83. The molecule has 0 aliphatic heterocycles. The average Bonchev–Trinajstić information content (AvgIpc) is 2.56. The summed E-state index contributed by atoms with van der Waals surface area (Å²) < 4.78 is 11.7. The van der Waals surface area contributed by atoms with Crippen LogP contribution in [0.4, 0.5) is 0 Å². The Morgan fingerprint density at radius 2 is 0.800 bits per heavy atom. The quantitative estimate of drug-likeness (QED) is 0.278. The van der Waals surface area contributed by atoms with E-state index in [1.165, 1.54) is 64.2 Å². The molecule has 0 heterocycles. The van der Waals surface area contributed by atoms with E-state index in [-0.39, 0.29) is 0 Å². The fraction of sp³-hybridized carbons (Fsp3) is 1.00. The lowest BCUT2D eigenvalue weighted by Crippen LogP contribution is -2.32. The molecule has 0 aromatic carbocycles. The molecule has 0 bridgehead atoms. The Kier molecular flexibility index (Phi) is 14.6. The molecule has 0 unspecified atom stereocenters. The molecule has 2 nitrogen and oxygen atoms in total. The normalized spacial score (nSPS) is 26.0. The van der Waals surface area contributed by atoms with Gasteiger partial charge in [-0.3, -0.25) is 0 Å². The highest BCUT2D eigenvalue weighted by atomic mass is 16.5. The molecule has 2 rings (SSSR count). The first-order valence-electron chi connectivity index (χ1n) is 13.4. The van der Waals surface area contributed by atoms with Gasteiger partial charge in [0.1, 0.15) is 0 Å². The molecule has 0 radical (unpaired) electrons. The van der Waals surface area contributed by atoms with Crippen molar-refractivity contribution in [2.75, 3.05) is 13.2 Å². The van der Waals surface area contributed by atoms with Gasteiger partial charge in [-0.05, 0) is 74.0 Å². The molecule has 0 atom stereocenters. The molecule has 2 fully saturated rings. The fourth-order valence-electron chi connectivity index (χ4n) is 4.17. The second kappa shape index (κ2) is 15.7. The van der Waals surface area contributed by atoms with Gasteiger partial charge < -0.3 is 9.47 Å². The maximum Gasteiger partial charge on any atom is 0.0580 e. The fourth-order valence-corrected chi connectivity index (χ4v) is 4.17. The van der Waals surface area contributed by atoms with Crippen molar-refractivity contribution in [3.05, 3.63) is 0 Å². The summed E-state index contributed by atoms with van der Waals surface area (Å²) in [5.74, 6) is 5.23. The van der Waals surface area contributed by atoms with Gasteiger partial charge in [0.25, 0.3) is 0 Å². The van der Waals surface area contributed by atoms with E-state index in [9.17, 15) is 0 Å². The number of rotatable bonds is 14. The summed E-state index contributed by atoms with van der Waals surface area (Å²) in [6.07, 6.45) is 14.5. The van der Waals surface area contributed by atoms with Crippen LogP contribution < -0.4 is 0 Å². The van der Waals surface area contributed by atoms with E-state index >= 15 is 0 Å². The Morgan fingerprint density at radius 3 is 1.07 bits per heavy atom. The van der Waals surface area contributed by atoms with E-state index in [2.05, 4.69) is 55.4 Å². The van der Waals surface area contributed by atoms with E-state index in [1.807, 2.05) is 0 Å². The number of ether oxygens (including phenoxy) is 2. The predicted molar refractivity (Wildman–Crippen MR) is 132 cm³/mol. The minimum Gasteiger partial charge on any atom is -0.378 e. The minimum atomic E-state index is 0.598. The zero-order valence-electron chi connectivity index (χ0n) is 21.9. The third-order valence-corrected chi connectivity index (χ3v) is 6.79. The van der Waals surface area contributed by atoms with Gasteiger partial charge >= 0.3 is 0 Å². The van der Waals surface area contributed by atoms with Crippen LogP contribution in [0.3, 0.4) is 0 Å². The number of hydrogen-bond donors (Lipinski definition) is 0. The van der Waals surface area contributed by atoms with E-state index in [0.29, 0.717) is 12.2 Å². The van der Waals surface area contributed by atoms with Crippen LogP contribution in [-0.4, -0.2) is 25.4 Å². The Hall–Kier alpha value is -0.0800. The summed E-state index contributed by atoms with van der Waals surface area (Å²) in [5.41, 5.74) is 0. The first-order chi connectivity index (χ1) is 14.2. The Balaban J connectivity index is 0.000000300. The minimum absolute atomic E-state index is 0.598. The van der Waals surface area contributed by atoms with Crippen molar-refractivity contribution in [1.29, 1.82) is 0 Å². The molecule has 0 amide bonds. The molecule has 0 saturated heterocycles. The molecule has 0 N–H and O–H groups in total. The van der Waals surface area contributed by atoms with Crippen LogP contribution in [-0.2, 0) is 9.47 Å². The van der Waals surface area contributed by atoms with E-state index in [4.69, 9.17) is 9.47 Å². The van der Waals surface area contributed by atoms with Gasteiger partial charge in [0, 0.05) is 13.2 Å². The monoisotopic (exact) mass is 424 g/mol. The summed E-state index contributed by atoms with van der Waals surface area (Å²) in [5, 5.41) is 0. The highest BCUT2D eigenvalue weighted by molar-refractivity contribution is 4.81. The zero-order valence-corrected chi connectivity index (χ0v) is 21.9. The maximum atomic E-state index is 5.83. The third kappa shape index (κ3) is 14.1. The molecule has 0 spiro atoms. The first-order valence-corrected chi connectivity index (χ1v) is 13.4. The standard InChI is InChI=1S/2C14H28O/c2*1-11(2)5-6-13-9-14(10-13)15-8-7-12(3)4/h2*11-14H,5-10H2,1-4H3. The topological polar surface area (TPSA) is 18.5 Å². The SMILES string of the molecule is CC(C)CCOC1CC(CCC(C)C)C1.CC(C)CCOC1CC(CCC(C)C)C1. The lowest BCUT2D eigenvalue weighted by molar-refractivity contribution is -0.0371. The zero-order chi connectivity index (χ0) is 22.5. The van der Waals surface area contributed by atoms with Gasteiger partial charge in [-0.2, -0.15) is 0 Å². The highest BCUT2D eigenvalue weighted by Gasteiger charge is 2.30. The van der Waals surface area contributed by atoms with Crippen LogP contribution >= 0.6 is 0 Å². The molecular formula is C28H56O2. The van der Waals surface area contributed by atoms with Crippen LogP contribution in [0.1, 0.15) is 120 Å². The van der Waals surface area contributed by atoms with Crippen molar-refractivity contribution >= 4 is 0 Å².